The van der Waals surface area contributed by atoms with E-state index >= 15 is 0 Å². The normalized spacial score (nSPS) is 11.5. The summed E-state index contributed by atoms with van der Waals surface area (Å²) in [4.78, 5) is 21.4. The maximum atomic E-state index is 13.9. The Morgan fingerprint density at radius 2 is 1.79 bits per heavy atom. The van der Waals surface area contributed by atoms with Crippen LogP contribution in [0.3, 0.4) is 0 Å². The van der Waals surface area contributed by atoms with E-state index in [1.165, 1.54) is 12.1 Å². The summed E-state index contributed by atoms with van der Waals surface area (Å²) in [5, 5.41) is 17.2. The predicted octanol–water partition coefficient (Wildman–Crippen LogP) is 4.78. The van der Waals surface area contributed by atoms with Gasteiger partial charge in [-0.3, -0.25) is 15.1 Å². The Hall–Kier alpha value is -4.66. The quantitative estimate of drug-likeness (QED) is 0.367. The van der Waals surface area contributed by atoms with Crippen molar-refractivity contribution in [3.05, 3.63) is 72.4 Å². The minimum absolute atomic E-state index is 0.180. The third-order valence-corrected chi connectivity index (χ3v) is 5.50. The molecule has 6 aromatic rings. The summed E-state index contributed by atoms with van der Waals surface area (Å²) in [5.74, 6) is -0.237. The molecule has 0 atom stereocenters. The smallest absolute Gasteiger partial charge is 0.161 e. The summed E-state index contributed by atoms with van der Waals surface area (Å²) in [7, 11) is 0. The van der Waals surface area contributed by atoms with Crippen LogP contribution in [0.4, 0.5) is 4.39 Å². The highest BCUT2D eigenvalue weighted by Gasteiger charge is 2.18. The number of pyridine rings is 3. The van der Waals surface area contributed by atoms with E-state index in [2.05, 4.69) is 25.1 Å². The topological polar surface area (TPSA) is 116 Å². The molecule has 0 amide bonds. The van der Waals surface area contributed by atoms with Crippen molar-refractivity contribution in [1.82, 2.24) is 35.1 Å². The number of imidazole rings is 1. The van der Waals surface area contributed by atoms with E-state index in [4.69, 9.17) is 9.97 Å². The molecule has 0 radical (unpaired) electrons. The lowest BCUT2D eigenvalue weighted by molar-refractivity contribution is 0.469. The Bertz CT molecular complexity index is 1650. The fraction of sp³-hybridized carbons (Fsp3) is 0.0417. The molecule has 0 spiro atoms. The van der Waals surface area contributed by atoms with Crippen LogP contribution in [-0.2, 0) is 0 Å². The van der Waals surface area contributed by atoms with Gasteiger partial charge in [0.2, 0.25) is 0 Å². The maximum Gasteiger partial charge on any atom is 0.161 e. The highest BCUT2D eigenvalue weighted by atomic mass is 19.1. The molecule has 9 heteroatoms. The van der Waals surface area contributed by atoms with E-state index in [-0.39, 0.29) is 5.75 Å². The average Bonchev–Trinajstić information content (AvgIpc) is 3.42. The summed E-state index contributed by atoms with van der Waals surface area (Å²) in [6, 6.07) is 11.4. The fourth-order valence-corrected chi connectivity index (χ4v) is 3.92. The molecular formula is C24H16FN7O. The van der Waals surface area contributed by atoms with Crippen LogP contribution in [0, 0.1) is 12.7 Å². The lowest BCUT2D eigenvalue weighted by atomic mass is 10.1. The number of aromatic nitrogens is 7. The molecule has 160 valence electrons. The van der Waals surface area contributed by atoms with Crippen molar-refractivity contribution in [1.29, 1.82) is 0 Å². The first-order chi connectivity index (χ1) is 16.1. The van der Waals surface area contributed by atoms with Gasteiger partial charge in [-0.15, -0.1) is 0 Å². The molecule has 0 unspecified atom stereocenters. The Kier molecular flexibility index (Phi) is 4.16. The van der Waals surface area contributed by atoms with Crippen molar-refractivity contribution in [2.24, 2.45) is 0 Å². The number of nitrogens with zero attached hydrogens (tertiary/aromatic N) is 5. The fourth-order valence-electron chi connectivity index (χ4n) is 3.92. The zero-order valence-electron chi connectivity index (χ0n) is 17.3. The van der Waals surface area contributed by atoms with Crippen molar-refractivity contribution in [2.75, 3.05) is 0 Å². The maximum absolute atomic E-state index is 13.9. The lowest BCUT2D eigenvalue weighted by Crippen LogP contribution is -1.90. The number of hydrogen-bond donors (Lipinski definition) is 3. The second-order valence-corrected chi connectivity index (χ2v) is 7.69. The van der Waals surface area contributed by atoms with Gasteiger partial charge in [-0.1, -0.05) is 0 Å². The monoisotopic (exact) mass is 437 g/mol. The van der Waals surface area contributed by atoms with Gasteiger partial charge in [0.05, 0.1) is 22.4 Å². The van der Waals surface area contributed by atoms with Gasteiger partial charge in [0.25, 0.3) is 0 Å². The van der Waals surface area contributed by atoms with Gasteiger partial charge < -0.3 is 10.1 Å². The first-order valence-electron chi connectivity index (χ1n) is 10.2. The first-order valence-corrected chi connectivity index (χ1v) is 10.2. The van der Waals surface area contributed by atoms with Crippen LogP contribution in [-0.4, -0.2) is 40.2 Å². The predicted molar refractivity (Wildman–Crippen MR) is 122 cm³/mol. The number of phenolic OH excluding ortho intramolecular Hbond substituents is 1. The van der Waals surface area contributed by atoms with Crippen LogP contribution in [0.2, 0.25) is 0 Å². The van der Waals surface area contributed by atoms with Crippen molar-refractivity contribution in [3.8, 4) is 39.8 Å². The van der Waals surface area contributed by atoms with Gasteiger partial charge in [-0.2, -0.15) is 5.10 Å². The molecule has 1 aromatic carbocycles. The molecule has 0 bridgehead atoms. The largest absolute Gasteiger partial charge is 0.508 e. The number of H-pyrrole nitrogens is 2. The molecule has 0 saturated carbocycles. The van der Waals surface area contributed by atoms with E-state index in [1.54, 1.807) is 24.7 Å². The number of aromatic hydroxyl groups is 1. The van der Waals surface area contributed by atoms with Crippen LogP contribution in [0.1, 0.15) is 5.56 Å². The zero-order valence-corrected chi connectivity index (χ0v) is 17.3. The summed E-state index contributed by atoms with van der Waals surface area (Å²) in [6.45, 7) is 2.01. The highest BCUT2D eigenvalue weighted by molar-refractivity contribution is 5.95. The SMILES string of the molecule is Cc1ccncc1-c1ccc2[nH]nc(-c3nc4c(-c5cc(O)cc(F)c5)nccc4[nH]3)c2n1. The van der Waals surface area contributed by atoms with E-state index in [0.717, 1.165) is 28.4 Å². The molecule has 0 aliphatic heterocycles. The van der Waals surface area contributed by atoms with Gasteiger partial charge in [0, 0.05) is 35.8 Å². The van der Waals surface area contributed by atoms with Crippen molar-refractivity contribution < 1.29 is 9.50 Å². The van der Waals surface area contributed by atoms with E-state index in [9.17, 15) is 9.50 Å². The average molecular weight is 437 g/mol. The number of rotatable bonds is 3. The Balaban J connectivity index is 1.52. The summed E-state index contributed by atoms with van der Waals surface area (Å²) in [5.41, 5.74) is 6.88. The third-order valence-electron chi connectivity index (χ3n) is 5.50. The Morgan fingerprint density at radius 3 is 2.64 bits per heavy atom. The van der Waals surface area contributed by atoms with Crippen molar-refractivity contribution >= 4 is 22.1 Å². The number of hydrogen-bond acceptors (Lipinski definition) is 6. The van der Waals surface area contributed by atoms with Crippen LogP contribution in [0.25, 0.3) is 56.1 Å². The molecule has 0 fully saturated rings. The molecular weight excluding hydrogens is 421 g/mol. The number of nitrogens with one attached hydrogen (secondary N) is 2. The van der Waals surface area contributed by atoms with Gasteiger partial charge in [0.15, 0.2) is 11.5 Å². The second kappa shape index (κ2) is 7.20. The van der Waals surface area contributed by atoms with E-state index < -0.39 is 5.82 Å². The summed E-state index contributed by atoms with van der Waals surface area (Å²) in [6.07, 6.45) is 5.14. The number of aryl methyl sites for hydroxylation is 1. The van der Waals surface area contributed by atoms with Gasteiger partial charge in [0.1, 0.15) is 22.6 Å². The number of aromatic amines is 2. The molecule has 0 aliphatic rings. The van der Waals surface area contributed by atoms with Crippen molar-refractivity contribution in [3.63, 3.8) is 0 Å². The minimum Gasteiger partial charge on any atom is -0.508 e. The minimum atomic E-state index is -0.555. The molecule has 0 aliphatic carbocycles. The third kappa shape index (κ3) is 3.18. The van der Waals surface area contributed by atoms with Crippen LogP contribution >= 0.6 is 0 Å². The van der Waals surface area contributed by atoms with Crippen LogP contribution in [0.5, 0.6) is 5.75 Å². The standard InChI is InChI=1S/C24H16FN7O/c1-12-4-6-26-11-16(12)17-2-3-19-22(28-17)23(32-31-19)24-29-18-5-7-27-20(21(18)30-24)13-8-14(25)10-15(33)9-13/h2-11,33H,1H3,(H,29,30)(H,31,32). The number of benzene rings is 1. The second-order valence-electron chi connectivity index (χ2n) is 7.69. The molecule has 5 heterocycles. The Labute approximate surface area is 186 Å². The first kappa shape index (κ1) is 19.1. The van der Waals surface area contributed by atoms with Crippen molar-refractivity contribution in [2.45, 2.75) is 6.92 Å². The molecule has 8 nitrogen and oxygen atoms in total. The molecule has 3 N–H and O–H groups in total. The molecule has 5 aromatic heterocycles. The van der Waals surface area contributed by atoms with E-state index in [1.807, 2.05) is 25.1 Å². The Morgan fingerprint density at radius 1 is 0.909 bits per heavy atom. The van der Waals surface area contributed by atoms with Gasteiger partial charge >= 0.3 is 0 Å². The zero-order chi connectivity index (χ0) is 22.5. The number of halogens is 1. The van der Waals surface area contributed by atoms with Gasteiger partial charge in [-0.25, -0.2) is 14.4 Å². The molecule has 33 heavy (non-hydrogen) atoms. The number of phenols is 1. The summed E-state index contributed by atoms with van der Waals surface area (Å²) >= 11 is 0. The molecule has 0 saturated heterocycles. The van der Waals surface area contributed by atoms with Crippen LogP contribution < -0.4 is 0 Å². The highest BCUT2D eigenvalue weighted by Crippen LogP contribution is 2.32. The van der Waals surface area contributed by atoms with E-state index in [0.29, 0.717) is 39.3 Å². The lowest BCUT2D eigenvalue weighted by Gasteiger charge is -2.04. The molecule has 6 rings (SSSR count). The number of fused-ring (bicyclic) bond motifs is 2. The summed E-state index contributed by atoms with van der Waals surface area (Å²) < 4.78 is 13.9. The van der Waals surface area contributed by atoms with Crippen LogP contribution in [0.15, 0.2) is 61.1 Å². The van der Waals surface area contributed by atoms with Gasteiger partial charge in [-0.05, 0) is 48.9 Å².